The molecule has 0 aromatic rings. The maximum atomic E-state index is 9.63. The SMILES string of the molecule is CO[C@H]1C[C@@H](C(C)(C)C)CC[C@@H]1O. The molecule has 3 atom stereocenters. The highest BCUT2D eigenvalue weighted by Crippen LogP contribution is 2.38. The fourth-order valence-corrected chi connectivity index (χ4v) is 2.15. The van der Waals surface area contributed by atoms with Crippen LogP contribution >= 0.6 is 0 Å². The van der Waals surface area contributed by atoms with E-state index in [1.165, 1.54) is 0 Å². The average molecular weight is 186 g/mol. The van der Waals surface area contributed by atoms with Crippen LogP contribution < -0.4 is 0 Å². The van der Waals surface area contributed by atoms with Crippen LogP contribution in [0.5, 0.6) is 0 Å². The third-order valence-corrected chi connectivity index (χ3v) is 3.28. The van der Waals surface area contributed by atoms with Crippen molar-refractivity contribution in [2.24, 2.45) is 11.3 Å². The fourth-order valence-electron chi connectivity index (χ4n) is 2.15. The molecule has 1 fully saturated rings. The quantitative estimate of drug-likeness (QED) is 0.680. The van der Waals surface area contributed by atoms with E-state index in [0.29, 0.717) is 11.3 Å². The Morgan fingerprint density at radius 3 is 2.31 bits per heavy atom. The second-order valence-electron chi connectivity index (χ2n) is 5.22. The van der Waals surface area contributed by atoms with Crippen molar-refractivity contribution in [3.63, 3.8) is 0 Å². The monoisotopic (exact) mass is 186 g/mol. The molecule has 0 unspecified atom stereocenters. The van der Waals surface area contributed by atoms with E-state index in [0.717, 1.165) is 19.3 Å². The van der Waals surface area contributed by atoms with Crippen LogP contribution in [0.25, 0.3) is 0 Å². The topological polar surface area (TPSA) is 29.5 Å². The maximum absolute atomic E-state index is 9.63. The van der Waals surface area contributed by atoms with Gasteiger partial charge >= 0.3 is 0 Å². The molecule has 0 spiro atoms. The molecular weight excluding hydrogens is 164 g/mol. The summed E-state index contributed by atoms with van der Waals surface area (Å²) >= 11 is 0. The first kappa shape index (κ1) is 11.0. The minimum atomic E-state index is -0.247. The van der Waals surface area contributed by atoms with Crippen LogP contribution in [0.4, 0.5) is 0 Å². The number of rotatable bonds is 1. The van der Waals surface area contributed by atoms with Gasteiger partial charge in [-0.15, -0.1) is 0 Å². The fraction of sp³-hybridized carbons (Fsp3) is 1.00. The van der Waals surface area contributed by atoms with Crippen molar-refractivity contribution < 1.29 is 9.84 Å². The van der Waals surface area contributed by atoms with Gasteiger partial charge in [-0.2, -0.15) is 0 Å². The van der Waals surface area contributed by atoms with Gasteiger partial charge < -0.3 is 9.84 Å². The molecule has 2 heteroatoms. The zero-order chi connectivity index (χ0) is 10.1. The van der Waals surface area contributed by atoms with Crippen LogP contribution in [0.3, 0.4) is 0 Å². The molecule has 2 nitrogen and oxygen atoms in total. The predicted octanol–water partition coefficient (Wildman–Crippen LogP) is 2.21. The summed E-state index contributed by atoms with van der Waals surface area (Å²) in [4.78, 5) is 0. The molecule has 0 heterocycles. The Hall–Kier alpha value is -0.0800. The highest BCUT2D eigenvalue weighted by molar-refractivity contribution is 4.85. The van der Waals surface area contributed by atoms with Gasteiger partial charge in [-0.25, -0.2) is 0 Å². The molecule has 1 saturated carbocycles. The van der Waals surface area contributed by atoms with E-state index in [1.807, 2.05) is 0 Å². The van der Waals surface area contributed by atoms with Crippen LogP contribution in [0.1, 0.15) is 40.0 Å². The zero-order valence-corrected chi connectivity index (χ0v) is 9.21. The van der Waals surface area contributed by atoms with Gasteiger partial charge in [-0.3, -0.25) is 0 Å². The van der Waals surface area contributed by atoms with Gasteiger partial charge in [0, 0.05) is 7.11 Å². The second-order valence-corrected chi connectivity index (χ2v) is 5.22. The predicted molar refractivity (Wildman–Crippen MR) is 53.6 cm³/mol. The summed E-state index contributed by atoms with van der Waals surface area (Å²) < 4.78 is 5.28. The van der Waals surface area contributed by atoms with Crippen LogP contribution in [0.15, 0.2) is 0 Å². The molecule has 0 saturated heterocycles. The van der Waals surface area contributed by atoms with Crippen molar-refractivity contribution in [2.45, 2.75) is 52.2 Å². The number of aliphatic hydroxyl groups is 1. The first-order valence-corrected chi connectivity index (χ1v) is 5.16. The molecule has 0 aromatic heterocycles. The summed E-state index contributed by atoms with van der Waals surface area (Å²) in [6, 6.07) is 0. The molecule has 13 heavy (non-hydrogen) atoms. The zero-order valence-electron chi connectivity index (χ0n) is 9.21. The van der Waals surface area contributed by atoms with Gasteiger partial charge in [0.2, 0.25) is 0 Å². The summed E-state index contributed by atoms with van der Waals surface area (Å²) in [5, 5.41) is 9.63. The highest BCUT2D eigenvalue weighted by atomic mass is 16.5. The third kappa shape index (κ3) is 2.68. The van der Waals surface area contributed by atoms with Crippen LogP contribution in [-0.2, 0) is 4.74 Å². The van der Waals surface area contributed by atoms with Gasteiger partial charge in [0.25, 0.3) is 0 Å². The number of aliphatic hydroxyl groups excluding tert-OH is 1. The van der Waals surface area contributed by atoms with Gasteiger partial charge in [-0.1, -0.05) is 20.8 Å². The summed E-state index contributed by atoms with van der Waals surface area (Å²) in [7, 11) is 1.69. The second kappa shape index (κ2) is 3.97. The summed E-state index contributed by atoms with van der Waals surface area (Å²) in [5.41, 5.74) is 0.344. The molecule has 1 aliphatic carbocycles. The number of hydrogen-bond donors (Lipinski definition) is 1. The Morgan fingerprint density at radius 1 is 1.23 bits per heavy atom. The Bertz CT molecular complexity index is 160. The average Bonchev–Trinajstić information content (AvgIpc) is 2.03. The first-order chi connectivity index (χ1) is 5.95. The van der Waals surface area contributed by atoms with Crippen molar-refractivity contribution in [1.82, 2.24) is 0 Å². The van der Waals surface area contributed by atoms with Crippen LogP contribution in [0, 0.1) is 11.3 Å². The molecular formula is C11H22O2. The van der Waals surface area contributed by atoms with E-state index in [-0.39, 0.29) is 12.2 Å². The van der Waals surface area contributed by atoms with E-state index >= 15 is 0 Å². The molecule has 0 aromatic carbocycles. The molecule has 0 bridgehead atoms. The Labute approximate surface area is 81.3 Å². The van der Waals surface area contributed by atoms with Crippen molar-refractivity contribution in [3.8, 4) is 0 Å². The van der Waals surface area contributed by atoms with Crippen molar-refractivity contribution in [3.05, 3.63) is 0 Å². The van der Waals surface area contributed by atoms with E-state index in [9.17, 15) is 5.11 Å². The lowest BCUT2D eigenvalue weighted by Crippen LogP contribution is -2.39. The molecule has 1 rings (SSSR count). The number of ether oxygens (including phenoxy) is 1. The third-order valence-electron chi connectivity index (χ3n) is 3.28. The molecule has 1 aliphatic rings. The van der Waals surface area contributed by atoms with Gasteiger partial charge in [0.05, 0.1) is 12.2 Å². The smallest absolute Gasteiger partial charge is 0.0833 e. The highest BCUT2D eigenvalue weighted by Gasteiger charge is 2.34. The molecule has 1 N–H and O–H groups in total. The van der Waals surface area contributed by atoms with E-state index in [1.54, 1.807) is 7.11 Å². The summed E-state index contributed by atoms with van der Waals surface area (Å²) in [6.07, 6.45) is 2.83. The number of methoxy groups -OCH3 is 1. The normalized spacial score (nSPS) is 36.2. The minimum absolute atomic E-state index is 0.0537. The molecule has 0 amide bonds. The molecule has 0 aliphatic heterocycles. The summed E-state index contributed by atoms with van der Waals surface area (Å²) in [6.45, 7) is 6.80. The van der Waals surface area contributed by atoms with E-state index < -0.39 is 0 Å². The van der Waals surface area contributed by atoms with Crippen molar-refractivity contribution in [2.75, 3.05) is 7.11 Å². The lowest BCUT2D eigenvalue weighted by Gasteiger charge is -2.39. The van der Waals surface area contributed by atoms with Crippen molar-refractivity contribution >= 4 is 0 Å². The van der Waals surface area contributed by atoms with E-state index in [4.69, 9.17) is 4.74 Å². The van der Waals surface area contributed by atoms with Crippen LogP contribution in [-0.4, -0.2) is 24.4 Å². The van der Waals surface area contributed by atoms with Gasteiger partial charge in [-0.05, 0) is 30.6 Å². The van der Waals surface area contributed by atoms with Gasteiger partial charge in [0.1, 0.15) is 0 Å². The standard InChI is InChI=1S/C11H22O2/c1-11(2,3)8-5-6-9(12)10(7-8)13-4/h8-10,12H,5-7H2,1-4H3/t8-,9-,10-/m0/s1. The summed E-state index contributed by atoms with van der Waals surface area (Å²) in [5.74, 6) is 0.681. The molecule has 78 valence electrons. The van der Waals surface area contributed by atoms with Gasteiger partial charge in [0.15, 0.2) is 0 Å². The Morgan fingerprint density at radius 2 is 1.85 bits per heavy atom. The Balaban J connectivity index is 2.55. The van der Waals surface area contributed by atoms with Crippen LogP contribution in [0.2, 0.25) is 0 Å². The van der Waals surface area contributed by atoms with E-state index in [2.05, 4.69) is 20.8 Å². The largest absolute Gasteiger partial charge is 0.390 e. The molecule has 0 radical (unpaired) electrons. The Kier molecular flexibility index (Phi) is 3.36. The number of hydrogen-bond acceptors (Lipinski definition) is 2. The first-order valence-electron chi connectivity index (χ1n) is 5.16. The maximum Gasteiger partial charge on any atom is 0.0833 e. The lowest BCUT2D eigenvalue weighted by molar-refractivity contribution is -0.0651. The van der Waals surface area contributed by atoms with Crippen molar-refractivity contribution in [1.29, 1.82) is 0 Å². The minimum Gasteiger partial charge on any atom is -0.390 e. The lowest BCUT2D eigenvalue weighted by atomic mass is 9.71.